The summed E-state index contributed by atoms with van der Waals surface area (Å²) in [6.07, 6.45) is 3.21. The van der Waals surface area contributed by atoms with Crippen molar-refractivity contribution >= 4 is 22.0 Å². The monoisotopic (exact) mass is 378 g/mol. The van der Waals surface area contributed by atoms with Crippen molar-refractivity contribution in [2.75, 3.05) is 6.54 Å². The van der Waals surface area contributed by atoms with Crippen LogP contribution in [0.2, 0.25) is 0 Å². The molecule has 2 aromatic rings. The van der Waals surface area contributed by atoms with Crippen LogP contribution in [-0.2, 0) is 17.8 Å². The molecular weight excluding hydrogens is 360 g/mol. The quantitative estimate of drug-likeness (QED) is 0.762. The van der Waals surface area contributed by atoms with Gasteiger partial charge in [0.05, 0.1) is 18.8 Å². The zero-order chi connectivity index (χ0) is 16.6. The van der Waals surface area contributed by atoms with Gasteiger partial charge >= 0.3 is 6.09 Å². The SMILES string of the molecule is CC(C)(C)OC(=O)N1CCn2nc(Br)c(-c3ccncc3)c2C1. The standard InChI is InChI=1S/C16H19BrN4O2/c1-16(2,3)23-15(22)20-8-9-21-12(10-20)13(14(17)19-21)11-4-6-18-7-5-11/h4-7H,8-10H2,1-3H3. The van der Waals surface area contributed by atoms with Gasteiger partial charge in [-0.1, -0.05) is 0 Å². The third-order valence-corrected chi connectivity index (χ3v) is 4.11. The van der Waals surface area contributed by atoms with E-state index in [-0.39, 0.29) is 6.09 Å². The van der Waals surface area contributed by atoms with Crippen LogP contribution in [0.4, 0.5) is 4.79 Å². The Morgan fingerprint density at radius 2 is 1.96 bits per heavy atom. The van der Waals surface area contributed by atoms with Crippen molar-refractivity contribution in [2.24, 2.45) is 0 Å². The average Bonchev–Trinajstić information content (AvgIpc) is 2.81. The summed E-state index contributed by atoms with van der Waals surface area (Å²) in [7, 11) is 0. The van der Waals surface area contributed by atoms with E-state index in [1.807, 2.05) is 37.6 Å². The largest absolute Gasteiger partial charge is 0.444 e. The van der Waals surface area contributed by atoms with E-state index in [1.54, 1.807) is 17.3 Å². The highest BCUT2D eigenvalue weighted by Crippen LogP contribution is 2.33. The van der Waals surface area contributed by atoms with Crippen LogP contribution in [0.5, 0.6) is 0 Å². The molecule has 0 saturated heterocycles. The molecule has 0 aliphatic carbocycles. The molecule has 0 bridgehead atoms. The fourth-order valence-corrected chi connectivity index (χ4v) is 3.22. The number of pyridine rings is 1. The minimum Gasteiger partial charge on any atom is -0.444 e. The van der Waals surface area contributed by atoms with Crippen LogP contribution in [0.25, 0.3) is 11.1 Å². The van der Waals surface area contributed by atoms with Crippen LogP contribution in [0, 0.1) is 0 Å². The van der Waals surface area contributed by atoms with Gasteiger partial charge in [0.2, 0.25) is 0 Å². The number of halogens is 1. The van der Waals surface area contributed by atoms with Gasteiger partial charge in [0.15, 0.2) is 0 Å². The summed E-state index contributed by atoms with van der Waals surface area (Å²) in [6, 6.07) is 3.88. The molecule has 1 amide bonds. The number of carbonyl (C=O) groups excluding carboxylic acids is 1. The lowest BCUT2D eigenvalue weighted by Gasteiger charge is -2.30. The molecule has 0 radical (unpaired) electrons. The molecule has 2 aromatic heterocycles. The molecule has 23 heavy (non-hydrogen) atoms. The molecule has 122 valence electrons. The van der Waals surface area contributed by atoms with Crippen molar-refractivity contribution in [3.8, 4) is 11.1 Å². The normalized spacial score (nSPS) is 14.5. The Morgan fingerprint density at radius 3 is 2.61 bits per heavy atom. The van der Waals surface area contributed by atoms with Gasteiger partial charge < -0.3 is 9.64 Å². The number of fused-ring (bicyclic) bond motifs is 1. The minimum absolute atomic E-state index is 0.290. The Hall–Kier alpha value is -1.89. The Morgan fingerprint density at radius 1 is 1.26 bits per heavy atom. The lowest BCUT2D eigenvalue weighted by Crippen LogP contribution is -2.41. The molecule has 0 spiro atoms. The fraction of sp³-hybridized carbons (Fsp3) is 0.438. The Bertz CT molecular complexity index is 722. The second-order valence-corrected chi connectivity index (χ2v) is 7.22. The summed E-state index contributed by atoms with van der Waals surface area (Å²) in [5.74, 6) is 0. The highest BCUT2D eigenvalue weighted by atomic mass is 79.9. The van der Waals surface area contributed by atoms with Crippen LogP contribution >= 0.6 is 15.9 Å². The van der Waals surface area contributed by atoms with E-state index in [4.69, 9.17) is 4.74 Å². The maximum atomic E-state index is 12.3. The highest BCUT2D eigenvalue weighted by Gasteiger charge is 2.29. The highest BCUT2D eigenvalue weighted by molar-refractivity contribution is 9.10. The molecule has 0 aromatic carbocycles. The first-order chi connectivity index (χ1) is 10.8. The van der Waals surface area contributed by atoms with E-state index in [0.717, 1.165) is 21.4 Å². The number of carbonyl (C=O) groups is 1. The van der Waals surface area contributed by atoms with Crippen molar-refractivity contribution in [2.45, 2.75) is 39.5 Å². The first-order valence-corrected chi connectivity index (χ1v) is 8.28. The zero-order valence-electron chi connectivity index (χ0n) is 13.4. The smallest absolute Gasteiger partial charge is 0.410 e. The van der Waals surface area contributed by atoms with Crippen LogP contribution in [0.1, 0.15) is 26.5 Å². The van der Waals surface area contributed by atoms with Gasteiger partial charge in [-0.25, -0.2) is 4.79 Å². The van der Waals surface area contributed by atoms with Gasteiger partial charge in [-0.2, -0.15) is 5.10 Å². The first-order valence-electron chi connectivity index (χ1n) is 7.48. The van der Waals surface area contributed by atoms with E-state index >= 15 is 0 Å². The Kier molecular flexibility index (Phi) is 4.14. The Balaban J connectivity index is 1.90. The average molecular weight is 379 g/mol. The summed E-state index contributed by atoms with van der Waals surface area (Å²) in [5.41, 5.74) is 2.53. The first kappa shape index (κ1) is 16.0. The number of amides is 1. The summed E-state index contributed by atoms with van der Waals surface area (Å²) in [4.78, 5) is 18.1. The van der Waals surface area contributed by atoms with Crippen LogP contribution < -0.4 is 0 Å². The number of hydrogen-bond acceptors (Lipinski definition) is 4. The Labute approximate surface area is 143 Å². The van der Waals surface area contributed by atoms with Gasteiger partial charge in [-0.3, -0.25) is 9.67 Å². The maximum Gasteiger partial charge on any atom is 0.410 e. The molecular formula is C16H19BrN4O2. The lowest BCUT2D eigenvalue weighted by molar-refractivity contribution is 0.0195. The van der Waals surface area contributed by atoms with Gasteiger partial charge in [0.25, 0.3) is 0 Å². The molecule has 0 saturated carbocycles. The zero-order valence-corrected chi connectivity index (χ0v) is 15.0. The van der Waals surface area contributed by atoms with Crippen molar-refractivity contribution in [3.05, 3.63) is 34.8 Å². The van der Waals surface area contributed by atoms with Gasteiger partial charge in [-0.05, 0) is 54.4 Å². The van der Waals surface area contributed by atoms with Gasteiger partial charge in [0, 0.05) is 24.5 Å². The number of rotatable bonds is 1. The number of ether oxygens (including phenoxy) is 1. The molecule has 6 nitrogen and oxygen atoms in total. The van der Waals surface area contributed by atoms with Crippen LogP contribution in [0.15, 0.2) is 29.1 Å². The molecule has 7 heteroatoms. The van der Waals surface area contributed by atoms with Crippen molar-refractivity contribution < 1.29 is 9.53 Å². The number of hydrogen-bond donors (Lipinski definition) is 0. The number of aromatic nitrogens is 3. The lowest BCUT2D eigenvalue weighted by atomic mass is 10.1. The molecule has 3 rings (SSSR count). The summed E-state index contributed by atoms with van der Waals surface area (Å²) in [5, 5.41) is 4.53. The summed E-state index contributed by atoms with van der Waals surface area (Å²) in [6.45, 7) is 7.34. The number of nitrogens with zero attached hydrogens (tertiary/aromatic N) is 4. The van der Waals surface area contributed by atoms with Crippen LogP contribution in [0.3, 0.4) is 0 Å². The molecule has 1 aliphatic heterocycles. The molecule has 0 atom stereocenters. The topological polar surface area (TPSA) is 60.2 Å². The predicted octanol–water partition coefficient (Wildman–Crippen LogP) is 3.46. The van der Waals surface area contributed by atoms with Crippen molar-refractivity contribution in [1.29, 1.82) is 0 Å². The maximum absolute atomic E-state index is 12.3. The summed E-state index contributed by atoms with van der Waals surface area (Å²) < 4.78 is 8.21. The van der Waals surface area contributed by atoms with E-state index in [0.29, 0.717) is 19.6 Å². The van der Waals surface area contributed by atoms with Gasteiger partial charge in [-0.15, -0.1) is 0 Å². The predicted molar refractivity (Wildman–Crippen MR) is 89.8 cm³/mol. The third kappa shape index (κ3) is 3.39. The van der Waals surface area contributed by atoms with Gasteiger partial charge in [0.1, 0.15) is 10.2 Å². The van der Waals surface area contributed by atoms with E-state index in [1.165, 1.54) is 0 Å². The van der Waals surface area contributed by atoms with Crippen molar-refractivity contribution in [1.82, 2.24) is 19.7 Å². The van der Waals surface area contributed by atoms with E-state index in [2.05, 4.69) is 26.0 Å². The summed E-state index contributed by atoms with van der Waals surface area (Å²) >= 11 is 3.53. The third-order valence-electron chi connectivity index (χ3n) is 3.56. The second-order valence-electron chi connectivity index (χ2n) is 6.47. The molecule has 0 fully saturated rings. The second kappa shape index (κ2) is 5.96. The molecule has 1 aliphatic rings. The molecule has 0 N–H and O–H groups in total. The minimum atomic E-state index is -0.497. The fourth-order valence-electron chi connectivity index (χ4n) is 2.57. The molecule has 0 unspecified atom stereocenters. The van der Waals surface area contributed by atoms with E-state index < -0.39 is 5.60 Å². The molecule has 3 heterocycles. The van der Waals surface area contributed by atoms with Crippen LogP contribution in [-0.4, -0.2) is 37.9 Å². The van der Waals surface area contributed by atoms with Crippen molar-refractivity contribution in [3.63, 3.8) is 0 Å². The van der Waals surface area contributed by atoms with E-state index in [9.17, 15) is 4.79 Å².